The summed E-state index contributed by atoms with van der Waals surface area (Å²) >= 11 is 6.29. The van der Waals surface area contributed by atoms with Crippen LogP contribution in [0.5, 0.6) is 0 Å². The molecule has 1 aromatic heterocycles. The minimum absolute atomic E-state index is 0.0918. The Bertz CT molecular complexity index is 1220. The van der Waals surface area contributed by atoms with Gasteiger partial charge in [0.1, 0.15) is 5.69 Å². The van der Waals surface area contributed by atoms with Gasteiger partial charge in [-0.25, -0.2) is 4.79 Å². The number of ether oxygens (including phenoxy) is 1. The number of pyridine rings is 1. The Balaban J connectivity index is 1.49. The number of benzene rings is 2. The number of morpholine rings is 1. The third-order valence-electron chi connectivity index (χ3n) is 6.40. The molecule has 194 valence electrons. The molecule has 4 rings (SSSR count). The highest BCUT2D eigenvalue weighted by atomic mass is 35.5. The molecule has 2 heterocycles. The van der Waals surface area contributed by atoms with Gasteiger partial charge in [-0.1, -0.05) is 41.9 Å². The summed E-state index contributed by atoms with van der Waals surface area (Å²) in [5.41, 5.74) is 14.5. The lowest BCUT2D eigenvalue weighted by Crippen LogP contribution is -2.40. The third-order valence-corrected chi connectivity index (χ3v) is 6.63. The second-order valence-corrected chi connectivity index (χ2v) is 9.31. The molecule has 0 aliphatic carbocycles. The molecule has 2 atom stereocenters. The predicted octanol–water partition coefficient (Wildman–Crippen LogP) is 4.13. The molecule has 2 aromatic carbocycles. The van der Waals surface area contributed by atoms with Crippen LogP contribution in [0.4, 0.5) is 16.2 Å². The van der Waals surface area contributed by atoms with Crippen molar-refractivity contribution in [3.8, 4) is 0 Å². The molecule has 37 heavy (non-hydrogen) atoms. The molecule has 1 saturated heterocycles. The summed E-state index contributed by atoms with van der Waals surface area (Å²) in [7, 11) is 0. The quantitative estimate of drug-likeness (QED) is 0.312. The topological polar surface area (TPSA) is 136 Å². The van der Waals surface area contributed by atoms with Crippen LogP contribution in [0.25, 0.3) is 0 Å². The first-order valence-corrected chi connectivity index (χ1v) is 12.5. The van der Waals surface area contributed by atoms with Crippen molar-refractivity contribution in [1.82, 2.24) is 15.2 Å². The van der Waals surface area contributed by atoms with E-state index in [0.29, 0.717) is 36.0 Å². The van der Waals surface area contributed by atoms with Gasteiger partial charge in [-0.05, 0) is 54.3 Å². The number of halogens is 1. The van der Waals surface area contributed by atoms with Crippen LogP contribution in [0.15, 0.2) is 66.9 Å². The van der Waals surface area contributed by atoms with E-state index in [0.717, 1.165) is 30.6 Å². The van der Waals surface area contributed by atoms with Crippen LogP contribution >= 0.6 is 11.6 Å². The highest BCUT2D eigenvalue weighted by molar-refractivity contribution is 6.30. The number of aromatic nitrogens is 1. The molecule has 1 aliphatic rings. The molecule has 0 bridgehead atoms. The fraction of sp³-hybridized carbons (Fsp3) is 0.296. The lowest BCUT2D eigenvalue weighted by molar-refractivity contribution is 0.0133. The van der Waals surface area contributed by atoms with Gasteiger partial charge in [0, 0.05) is 30.4 Å². The van der Waals surface area contributed by atoms with E-state index < -0.39 is 6.03 Å². The van der Waals surface area contributed by atoms with E-state index in [4.69, 9.17) is 27.8 Å². The Morgan fingerprint density at radius 2 is 1.81 bits per heavy atom. The number of nitrogen functional groups attached to an aromatic ring is 1. The molecule has 0 spiro atoms. The number of nitrogens with zero attached hydrogens (tertiary/aromatic N) is 2. The zero-order valence-corrected chi connectivity index (χ0v) is 21.2. The molecule has 6 N–H and O–H groups in total. The number of hydrogen-bond donors (Lipinski definition) is 4. The summed E-state index contributed by atoms with van der Waals surface area (Å²) < 4.78 is 5.54. The first kappa shape index (κ1) is 26.4. The van der Waals surface area contributed by atoms with Crippen molar-refractivity contribution in [2.45, 2.75) is 24.9 Å². The van der Waals surface area contributed by atoms with Crippen molar-refractivity contribution in [3.63, 3.8) is 0 Å². The van der Waals surface area contributed by atoms with Crippen LogP contribution in [-0.4, -0.2) is 48.1 Å². The van der Waals surface area contributed by atoms with E-state index in [-0.39, 0.29) is 23.7 Å². The highest BCUT2D eigenvalue weighted by Gasteiger charge is 2.25. The van der Waals surface area contributed by atoms with Crippen LogP contribution in [0.3, 0.4) is 0 Å². The third kappa shape index (κ3) is 7.19. The molecule has 0 radical (unpaired) electrons. The average Bonchev–Trinajstić information content (AvgIpc) is 2.90. The normalized spacial score (nSPS) is 15.5. The lowest BCUT2D eigenvalue weighted by Gasteiger charge is -2.35. The number of rotatable bonds is 9. The number of primary amides is 1. The highest BCUT2D eigenvalue weighted by Crippen LogP contribution is 2.31. The number of nitrogens with one attached hydrogen (secondary N) is 2. The van der Waals surface area contributed by atoms with Crippen LogP contribution in [0.1, 0.15) is 46.5 Å². The number of hydrogen-bond acceptors (Lipinski definition) is 6. The van der Waals surface area contributed by atoms with E-state index >= 15 is 0 Å². The van der Waals surface area contributed by atoms with Crippen molar-refractivity contribution < 1.29 is 14.3 Å². The van der Waals surface area contributed by atoms with Crippen molar-refractivity contribution in [2.75, 3.05) is 37.4 Å². The molecule has 1 aliphatic heterocycles. The number of amides is 3. The summed E-state index contributed by atoms with van der Waals surface area (Å²) in [5, 5.41) is 6.27. The SMILES string of the molecule is NC(=O)NC(CCC(c1cccc(Cl)c1)N1CCOCC1)c1ccc(C(=O)Nc2ccccc2N)nc1. The van der Waals surface area contributed by atoms with Gasteiger partial charge in [-0.15, -0.1) is 0 Å². The maximum atomic E-state index is 12.7. The fourth-order valence-corrected chi connectivity index (χ4v) is 4.72. The smallest absolute Gasteiger partial charge is 0.312 e. The number of para-hydroxylation sites is 2. The molecule has 0 saturated carbocycles. The van der Waals surface area contributed by atoms with Crippen molar-refractivity contribution in [2.24, 2.45) is 5.73 Å². The Kier molecular flexibility index (Phi) is 8.95. The fourth-order valence-electron chi connectivity index (χ4n) is 4.52. The Labute approximate surface area is 221 Å². The summed E-state index contributed by atoms with van der Waals surface area (Å²) in [6.07, 6.45) is 2.93. The molecule has 1 fully saturated rings. The van der Waals surface area contributed by atoms with E-state index in [1.807, 2.05) is 18.2 Å². The maximum Gasteiger partial charge on any atom is 0.312 e. The van der Waals surface area contributed by atoms with Crippen molar-refractivity contribution in [1.29, 1.82) is 0 Å². The van der Waals surface area contributed by atoms with E-state index in [1.165, 1.54) is 0 Å². The zero-order valence-electron chi connectivity index (χ0n) is 20.4. The van der Waals surface area contributed by atoms with Gasteiger partial charge < -0.3 is 26.8 Å². The number of carbonyl (C=O) groups is 2. The van der Waals surface area contributed by atoms with Gasteiger partial charge in [0.05, 0.1) is 30.6 Å². The van der Waals surface area contributed by atoms with Gasteiger partial charge in [0.2, 0.25) is 0 Å². The first-order chi connectivity index (χ1) is 17.9. The Hall–Kier alpha value is -3.66. The molecule has 3 amide bonds. The standard InChI is InChI=1S/C27H31ClN6O3/c28-20-5-3-4-18(16-20)25(34-12-14-37-15-13-34)11-10-22(33-27(30)36)19-8-9-24(31-17-19)26(35)32-23-7-2-1-6-21(23)29/h1-9,16-17,22,25H,10-15,29H2,(H,32,35)(H3,30,33,36). The van der Waals surface area contributed by atoms with E-state index in [2.05, 4.69) is 26.6 Å². The number of nitrogens with two attached hydrogens (primary N) is 2. The summed E-state index contributed by atoms with van der Waals surface area (Å²) in [5.74, 6) is -0.378. The molecular weight excluding hydrogens is 492 g/mol. The molecule has 3 aromatic rings. The average molecular weight is 523 g/mol. The second kappa shape index (κ2) is 12.5. The van der Waals surface area contributed by atoms with E-state index in [9.17, 15) is 9.59 Å². The molecule has 2 unspecified atom stereocenters. The summed E-state index contributed by atoms with van der Waals surface area (Å²) in [6.45, 7) is 2.95. The molecule has 9 nitrogen and oxygen atoms in total. The van der Waals surface area contributed by atoms with Crippen LogP contribution in [0.2, 0.25) is 5.02 Å². The van der Waals surface area contributed by atoms with Crippen molar-refractivity contribution in [3.05, 3.63) is 88.7 Å². The van der Waals surface area contributed by atoms with Gasteiger partial charge in [-0.3, -0.25) is 14.7 Å². The molecular formula is C27H31ClN6O3. The minimum Gasteiger partial charge on any atom is -0.397 e. The number of carbonyl (C=O) groups excluding carboxylic acids is 2. The van der Waals surface area contributed by atoms with Crippen LogP contribution in [-0.2, 0) is 4.74 Å². The van der Waals surface area contributed by atoms with Crippen LogP contribution < -0.4 is 22.1 Å². The first-order valence-electron chi connectivity index (χ1n) is 12.2. The Morgan fingerprint density at radius 3 is 2.49 bits per heavy atom. The number of urea groups is 1. The van der Waals surface area contributed by atoms with Gasteiger partial charge in [0.15, 0.2) is 0 Å². The molecule has 10 heteroatoms. The van der Waals surface area contributed by atoms with Gasteiger partial charge in [0.25, 0.3) is 5.91 Å². The zero-order chi connectivity index (χ0) is 26.2. The van der Waals surface area contributed by atoms with Crippen molar-refractivity contribution >= 4 is 34.9 Å². The second-order valence-electron chi connectivity index (χ2n) is 8.88. The van der Waals surface area contributed by atoms with Crippen LogP contribution in [0, 0.1) is 0 Å². The summed E-state index contributed by atoms with van der Waals surface area (Å²) in [6, 6.07) is 17.3. The monoisotopic (exact) mass is 522 g/mol. The van der Waals surface area contributed by atoms with Gasteiger partial charge >= 0.3 is 6.03 Å². The Morgan fingerprint density at radius 1 is 1.03 bits per heavy atom. The lowest BCUT2D eigenvalue weighted by atomic mass is 9.95. The largest absolute Gasteiger partial charge is 0.397 e. The van der Waals surface area contributed by atoms with E-state index in [1.54, 1.807) is 42.6 Å². The predicted molar refractivity (Wildman–Crippen MR) is 144 cm³/mol. The summed E-state index contributed by atoms with van der Waals surface area (Å²) in [4.78, 5) is 31.2. The minimum atomic E-state index is -0.628. The number of anilines is 2. The van der Waals surface area contributed by atoms with Gasteiger partial charge in [-0.2, -0.15) is 0 Å². The maximum absolute atomic E-state index is 12.7.